The lowest BCUT2D eigenvalue weighted by Crippen LogP contribution is -2.14. The first kappa shape index (κ1) is 20.2. The zero-order valence-electron chi connectivity index (χ0n) is 13.6. The summed E-state index contributed by atoms with van der Waals surface area (Å²) in [6, 6.07) is 0. The summed E-state index contributed by atoms with van der Waals surface area (Å²) in [6.45, 7) is 7.01. The number of carbonyl (C=O) groups is 3. The lowest BCUT2D eigenvalue weighted by atomic mass is 10.1. The Morgan fingerprint density at radius 3 is 2.58 bits per heavy atom. The first-order chi connectivity index (χ1) is 11.5. The Morgan fingerprint density at radius 1 is 1.29 bits per heavy atom. The van der Waals surface area contributed by atoms with Crippen molar-refractivity contribution < 1.29 is 23.9 Å². The van der Waals surface area contributed by atoms with Crippen LogP contribution in [0, 0.1) is 6.92 Å². The molecule has 1 aromatic heterocycles. The Morgan fingerprint density at radius 2 is 2.00 bits per heavy atom. The molecule has 0 bridgehead atoms. The van der Waals surface area contributed by atoms with E-state index in [4.69, 9.17) is 21.1 Å². The fourth-order valence-corrected chi connectivity index (χ4v) is 3.10. The number of nitrogens with one attached hydrogen (secondary N) is 1. The number of thiophene rings is 1. The highest BCUT2D eigenvalue weighted by Gasteiger charge is 2.27. The third-order valence-corrected chi connectivity index (χ3v) is 4.39. The van der Waals surface area contributed by atoms with Gasteiger partial charge >= 0.3 is 11.9 Å². The molecule has 0 saturated heterocycles. The van der Waals surface area contributed by atoms with Gasteiger partial charge < -0.3 is 14.8 Å². The second-order valence-corrected chi connectivity index (χ2v) is 6.11. The third-order valence-electron chi connectivity index (χ3n) is 2.93. The molecule has 1 aromatic rings. The molecule has 0 spiro atoms. The van der Waals surface area contributed by atoms with Crippen LogP contribution >= 0.6 is 22.9 Å². The van der Waals surface area contributed by atoms with Gasteiger partial charge in [-0.2, -0.15) is 0 Å². The van der Waals surface area contributed by atoms with Crippen LogP contribution in [0.1, 0.15) is 45.4 Å². The van der Waals surface area contributed by atoms with Crippen molar-refractivity contribution in [2.75, 3.05) is 24.4 Å². The fourth-order valence-electron chi connectivity index (χ4n) is 1.86. The van der Waals surface area contributed by atoms with E-state index in [1.165, 1.54) is 6.08 Å². The van der Waals surface area contributed by atoms with Gasteiger partial charge in [0.1, 0.15) is 16.5 Å². The number of ether oxygens (including phenoxy) is 2. The smallest absolute Gasteiger partial charge is 0.348 e. The van der Waals surface area contributed by atoms with Crippen LogP contribution in [0.15, 0.2) is 12.7 Å². The van der Waals surface area contributed by atoms with Crippen molar-refractivity contribution in [2.24, 2.45) is 0 Å². The summed E-state index contributed by atoms with van der Waals surface area (Å²) in [6.07, 6.45) is 2.18. The molecular formula is C16H20ClNO5S. The Labute approximate surface area is 149 Å². The molecule has 1 heterocycles. The number of hydrogen-bond donors (Lipinski definition) is 1. The molecule has 0 saturated carbocycles. The SMILES string of the molecule is C=CCOC(=O)c1sc(NC(=O)CCCCl)c(C(=O)OCC)c1C. The minimum Gasteiger partial charge on any atom is -0.462 e. The van der Waals surface area contributed by atoms with Crippen molar-refractivity contribution in [1.82, 2.24) is 0 Å². The monoisotopic (exact) mass is 373 g/mol. The first-order valence-electron chi connectivity index (χ1n) is 7.40. The number of esters is 2. The molecule has 0 aliphatic carbocycles. The van der Waals surface area contributed by atoms with Gasteiger partial charge in [-0.05, 0) is 25.8 Å². The van der Waals surface area contributed by atoms with Gasteiger partial charge in [0.25, 0.3) is 0 Å². The summed E-state index contributed by atoms with van der Waals surface area (Å²) in [4.78, 5) is 36.4. The van der Waals surface area contributed by atoms with E-state index < -0.39 is 11.9 Å². The van der Waals surface area contributed by atoms with E-state index in [-0.39, 0.29) is 41.0 Å². The molecule has 0 radical (unpaired) electrons. The average Bonchev–Trinajstić information content (AvgIpc) is 2.87. The zero-order valence-corrected chi connectivity index (χ0v) is 15.2. The average molecular weight is 374 g/mol. The van der Waals surface area contributed by atoms with Crippen molar-refractivity contribution in [3.63, 3.8) is 0 Å². The van der Waals surface area contributed by atoms with Crippen LogP contribution in [0.2, 0.25) is 0 Å². The molecule has 0 aliphatic heterocycles. The van der Waals surface area contributed by atoms with Gasteiger partial charge in [0, 0.05) is 12.3 Å². The number of anilines is 1. The highest BCUT2D eigenvalue weighted by atomic mass is 35.5. The number of alkyl halides is 1. The van der Waals surface area contributed by atoms with Gasteiger partial charge in [-0.3, -0.25) is 4.79 Å². The molecule has 0 unspecified atom stereocenters. The maximum absolute atomic E-state index is 12.2. The van der Waals surface area contributed by atoms with Crippen LogP contribution in [0.25, 0.3) is 0 Å². The molecule has 24 heavy (non-hydrogen) atoms. The first-order valence-corrected chi connectivity index (χ1v) is 8.75. The highest BCUT2D eigenvalue weighted by Crippen LogP contribution is 2.34. The molecule has 1 amide bonds. The predicted molar refractivity (Wildman–Crippen MR) is 94.1 cm³/mol. The van der Waals surface area contributed by atoms with Crippen molar-refractivity contribution in [2.45, 2.75) is 26.7 Å². The van der Waals surface area contributed by atoms with Gasteiger partial charge in [-0.25, -0.2) is 9.59 Å². The van der Waals surface area contributed by atoms with Crippen LogP contribution in [-0.2, 0) is 14.3 Å². The molecule has 1 N–H and O–H groups in total. The fraction of sp³-hybridized carbons (Fsp3) is 0.438. The van der Waals surface area contributed by atoms with E-state index in [2.05, 4.69) is 11.9 Å². The summed E-state index contributed by atoms with van der Waals surface area (Å²) >= 11 is 6.56. The van der Waals surface area contributed by atoms with E-state index in [1.54, 1.807) is 13.8 Å². The van der Waals surface area contributed by atoms with Crippen molar-refractivity contribution in [1.29, 1.82) is 0 Å². The predicted octanol–water partition coefficient (Wildman–Crippen LogP) is 3.53. The van der Waals surface area contributed by atoms with Gasteiger partial charge in [0.15, 0.2) is 0 Å². The van der Waals surface area contributed by atoms with Gasteiger partial charge in [-0.15, -0.1) is 22.9 Å². The van der Waals surface area contributed by atoms with Crippen molar-refractivity contribution >= 4 is 45.8 Å². The summed E-state index contributed by atoms with van der Waals surface area (Å²) < 4.78 is 10.0. The van der Waals surface area contributed by atoms with Crippen LogP contribution in [0.3, 0.4) is 0 Å². The summed E-state index contributed by atoms with van der Waals surface area (Å²) in [5.74, 6) is -1.10. The topological polar surface area (TPSA) is 81.7 Å². The number of amides is 1. The van der Waals surface area contributed by atoms with E-state index in [0.29, 0.717) is 17.9 Å². The van der Waals surface area contributed by atoms with Gasteiger partial charge in [-0.1, -0.05) is 12.7 Å². The Balaban J connectivity index is 3.14. The Kier molecular flexibility index (Phi) is 8.49. The molecule has 1 rings (SSSR count). The molecule has 132 valence electrons. The molecule has 8 heteroatoms. The molecule has 0 fully saturated rings. The second-order valence-electron chi connectivity index (χ2n) is 4.71. The second kappa shape index (κ2) is 10.1. The summed E-state index contributed by atoms with van der Waals surface area (Å²) in [5.41, 5.74) is 0.590. The van der Waals surface area contributed by atoms with E-state index >= 15 is 0 Å². The number of carbonyl (C=O) groups excluding carboxylic acids is 3. The third kappa shape index (κ3) is 5.35. The summed E-state index contributed by atoms with van der Waals surface area (Å²) in [5, 5.41) is 2.92. The standard InChI is InChI=1S/C16H20ClNO5S/c1-4-9-23-16(21)13-10(3)12(15(20)22-5-2)14(24-13)18-11(19)7-6-8-17/h4H,1,5-9H2,2-3H3,(H,18,19). The summed E-state index contributed by atoms with van der Waals surface area (Å²) in [7, 11) is 0. The van der Waals surface area contributed by atoms with E-state index in [0.717, 1.165) is 11.3 Å². The highest BCUT2D eigenvalue weighted by molar-refractivity contribution is 7.18. The Hall–Kier alpha value is -1.86. The Bertz CT molecular complexity index is 626. The lowest BCUT2D eigenvalue weighted by Gasteiger charge is -2.06. The molecule has 6 nitrogen and oxygen atoms in total. The largest absolute Gasteiger partial charge is 0.462 e. The van der Waals surface area contributed by atoms with Crippen LogP contribution < -0.4 is 5.32 Å². The van der Waals surface area contributed by atoms with Crippen molar-refractivity contribution in [3.05, 3.63) is 28.7 Å². The maximum Gasteiger partial charge on any atom is 0.348 e. The lowest BCUT2D eigenvalue weighted by molar-refractivity contribution is -0.116. The zero-order chi connectivity index (χ0) is 18.1. The number of halogens is 1. The molecule has 0 aromatic carbocycles. The molecule has 0 aliphatic rings. The van der Waals surface area contributed by atoms with Crippen LogP contribution in [-0.4, -0.2) is 36.9 Å². The van der Waals surface area contributed by atoms with E-state index in [1.807, 2.05) is 0 Å². The minimum absolute atomic E-state index is 0.0579. The maximum atomic E-state index is 12.2. The molecular weight excluding hydrogens is 354 g/mol. The number of rotatable bonds is 9. The van der Waals surface area contributed by atoms with Gasteiger partial charge in [0.2, 0.25) is 5.91 Å². The number of hydrogen-bond acceptors (Lipinski definition) is 6. The molecule has 0 atom stereocenters. The van der Waals surface area contributed by atoms with Crippen LogP contribution in [0.4, 0.5) is 5.00 Å². The van der Waals surface area contributed by atoms with Crippen molar-refractivity contribution in [3.8, 4) is 0 Å². The quantitative estimate of drug-likeness (QED) is 0.407. The van der Waals surface area contributed by atoms with E-state index in [9.17, 15) is 14.4 Å². The van der Waals surface area contributed by atoms with Crippen LogP contribution in [0.5, 0.6) is 0 Å². The minimum atomic E-state index is -0.596. The normalized spacial score (nSPS) is 10.1. The van der Waals surface area contributed by atoms with Gasteiger partial charge in [0.05, 0.1) is 12.2 Å².